The number of hydrogen-bond acceptors (Lipinski definition) is 5. The number of aryl methyl sites for hydroxylation is 1. The van der Waals surface area contributed by atoms with Gasteiger partial charge in [-0.25, -0.2) is 0 Å². The number of rotatable bonds is 2. The molecule has 0 unspecified atom stereocenters. The van der Waals surface area contributed by atoms with Gasteiger partial charge in [-0.3, -0.25) is 14.5 Å². The summed E-state index contributed by atoms with van der Waals surface area (Å²) in [5.41, 5.74) is 4.38. The van der Waals surface area contributed by atoms with Crippen LogP contribution in [0.3, 0.4) is 0 Å². The lowest BCUT2D eigenvalue weighted by Crippen LogP contribution is -2.44. The molecule has 0 radical (unpaired) electrons. The van der Waals surface area contributed by atoms with E-state index in [9.17, 15) is 9.59 Å². The smallest absolute Gasteiger partial charge is 0.251 e. The monoisotopic (exact) mass is 497 g/mol. The number of carbonyl (C=O) groups is 2. The van der Waals surface area contributed by atoms with E-state index in [4.69, 9.17) is 9.15 Å². The lowest BCUT2D eigenvalue weighted by Gasteiger charge is -2.30. The maximum absolute atomic E-state index is 13.0. The Balaban J connectivity index is 1.30. The molecule has 0 saturated carbocycles. The van der Waals surface area contributed by atoms with Crippen LogP contribution in [0.5, 0.6) is 5.75 Å². The van der Waals surface area contributed by atoms with Crippen molar-refractivity contribution >= 4 is 33.8 Å². The summed E-state index contributed by atoms with van der Waals surface area (Å²) in [4.78, 5) is 28.3. The molecule has 2 aliphatic heterocycles. The van der Waals surface area contributed by atoms with Crippen LogP contribution >= 0.6 is 0 Å². The van der Waals surface area contributed by atoms with Crippen LogP contribution in [0.4, 0.5) is 0 Å². The molecule has 7 heteroatoms. The summed E-state index contributed by atoms with van der Waals surface area (Å²) in [6.45, 7) is 3.87. The topological polar surface area (TPSA) is 83.8 Å². The molecule has 3 aromatic carbocycles. The van der Waals surface area contributed by atoms with Crippen LogP contribution in [0.25, 0.3) is 21.9 Å². The maximum atomic E-state index is 13.0. The molecular weight excluding hydrogens is 466 g/mol. The lowest BCUT2D eigenvalue weighted by molar-refractivity contribution is -0.122. The molecule has 2 aliphatic rings. The number of fused-ring (bicyclic) bond motifs is 7. The Bertz CT molecular complexity index is 1480. The van der Waals surface area contributed by atoms with Gasteiger partial charge in [0, 0.05) is 53.5 Å². The van der Waals surface area contributed by atoms with Crippen molar-refractivity contribution in [3.05, 3.63) is 77.4 Å². The fourth-order valence-electron chi connectivity index (χ4n) is 5.69. The van der Waals surface area contributed by atoms with Crippen LogP contribution in [0.15, 0.2) is 65.1 Å². The summed E-state index contributed by atoms with van der Waals surface area (Å²) in [5.74, 6) is 0.570. The molecular formula is C30H31N3O4. The Morgan fingerprint density at radius 3 is 2.70 bits per heavy atom. The highest BCUT2D eigenvalue weighted by Crippen LogP contribution is 2.34. The van der Waals surface area contributed by atoms with Crippen LogP contribution in [-0.4, -0.2) is 48.5 Å². The van der Waals surface area contributed by atoms with E-state index >= 15 is 0 Å². The number of para-hydroxylation sites is 2. The number of furan rings is 1. The molecule has 1 aromatic heterocycles. The maximum Gasteiger partial charge on any atom is 0.251 e. The average Bonchev–Trinajstić information content (AvgIpc) is 3.47. The number of hydrogen-bond donors (Lipinski definition) is 2. The Hall–Kier alpha value is -3.84. The van der Waals surface area contributed by atoms with E-state index in [2.05, 4.69) is 39.8 Å². The van der Waals surface area contributed by atoms with Crippen LogP contribution in [0.2, 0.25) is 0 Å². The molecule has 1 saturated heterocycles. The minimum Gasteiger partial charge on any atom is -0.491 e. The van der Waals surface area contributed by atoms with Crippen LogP contribution in [0.1, 0.15) is 40.7 Å². The Morgan fingerprint density at radius 1 is 0.946 bits per heavy atom. The van der Waals surface area contributed by atoms with Gasteiger partial charge in [0.15, 0.2) is 0 Å². The van der Waals surface area contributed by atoms with Crippen molar-refractivity contribution in [2.75, 3.05) is 19.7 Å². The summed E-state index contributed by atoms with van der Waals surface area (Å²) in [6, 6.07) is 20.0. The van der Waals surface area contributed by atoms with Gasteiger partial charge in [0.05, 0.1) is 6.54 Å². The van der Waals surface area contributed by atoms with E-state index in [0.717, 1.165) is 45.9 Å². The van der Waals surface area contributed by atoms with Gasteiger partial charge >= 0.3 is 0 Å². The fraction of sp³-hybridized carbons (Fsp3) is 0.333. The Morgan fingerprint density at radius 2 is 1.78 bits per heavy atom. The first-order chi connectivity index (χ1) is 18.1. The zero-order valence-corrected chi connectivity index (χ0v) is 21.0. The number of amides is 2. The number of carbonyl (C=O) groups excluding carboxylic acids is 2. The van der Waals surface area contributed by atoms with Crippen molar-refractivity contribution in [3.63, 3.8) is 0 Å². The van der Waals surface area contributed by atoms with Crippen LogP contribution < -0.4 is 15.4 Å². The van der Waals surface area contributed by atoms with Gasteiger partial charge < -0.3 is 19.8 Å². The molecule has 7 nitrogen and oxygen atoms in total. The van der Waals surface area contributed by atoms with Gasteiger partial charge in [-0.05, 0) is 43.5 Å². The third kappa shape index (κ3) is 4.67. The van der Waals surface area contributed by atoms with Crippen molar-refractivity contribution in [2.24, 2.45) is 0 Å². The van der Waals surface area contributed by atoms with Gasteiger partial charge in [-0.2, -0.15) is 0 Å². The zero-order valence-electron chi connectivity index (χ0n) is 21.0. The summed E-state index contributed by atoms with van der Waals surface area (Å²) < 4.78 is 12.1. The first kappa shape index (κ1) is 23.6. The Kier molecular flexibility index (Phi) is 6.30. The van der Waals surface area contributed by atoms with Crippen LogP contribution in [-0.2, 0) is 11.3 Å². The van der Waals surface area contributed by atoms with E-state index in [1.807, 2.05) is 37.3 Å². The number of nitrogens with zero attached hydrogens (tertiary/aromatic N) is 1. The molecule has 2 atom stereocenters. The summed E-state index contributed by atoms with van der Waals surface area (Å²) >= 11 is 0. The van der Waals surface area contributed by atoms with Crippen molar-refractivity contribution in [2.45, 2.75) is 44.8 Å². The summed E-state index contributed by atoms with van der Waals surface area (Å²) in [6.07, 6.45) is 2.22. The SMILES string of the molecule is Cc1ccc2cc1OCCNC(=O)C[C@@H]1CC[C@H](CNC2=O)N1Cc1cccc2c1oc1ccccc12. The number of benzene rings is 3. The zero-order chi connectivity index (χ0) is 25.4. The average molecular weight is 498 g/mol. The summed E-state index contributed by atoms with van der Waals surface area (Å²) in [5, 5.41) is 8.34. The van der Waals surface area contributed by atoms with Crippen molar-refractivity contribution in [1.82, 2.24) is 15.5 Å². The van der Waals surface area contributed by atoms with E-state index in [1.54, 1.807) is 6.07 Å². The predicted molar refractivity (Wildman–Crippen MR) is 143 cm³/mol. The second-order valence-electron chi connectivity index (χ2n) is 10.0. The van der Waals surface area contributed by atoms with E-state index in [0.29, 0.717) is 44.0 Å². The highest BCUT2D eigenvalue weighted by Gasteiger charge is 2.35. The molecule has 37 heavy (non-hydrogen) atoms. The molecule has 2 amide bonds. The largest absolute Gasteiger partial charge is 0.491 e. The first-order valence-corrected chi connectivity index (χ1v) is 13.0. The standard InChI is InChI=1S/C30H31N3O4/c1-19-9-10-20-15-27(19)36-14-13-31-28(34)16-22-11-12-23(17-32-30(20)35)33(22)18-21-5-4-7-25-24-6-2-3-8-26(24)37-29(21)25/h2-10,15,22-23H,11-14,16-18H2,1H3,(H,31,34)(H,32,35)/t22-,23+/m0/s1. The molecule has 190 valence electrons. The van der Waals surface area contributed by atoms with Crippen molar-refractivity contribution < 1.29 is 18.7 Å². The normalized spacial score (nSPS) is 21.2. The molecule has 4 bridgehead atoms. The molecule has 1 fully saturated rings. The minimum absolute atomic E-state index is 0.0191. The number of ether oxygens (including phenoxy) is 1. The van der Waals surface area contributed by atoms with Crippen molar-refractivity contribution in [1.29, 1.82) is 0 Å². The van der Waals surface area contributed by atoms with Gasteiger partial charge in [-0.15, -0.1) is 0 Å². The molecule has 6 rings (SSSR count). The molecule has 4 aromatic rings. The highest BCUT2D eigenvalue weighted by molar-refractivity contribution is 6.05. The van der Waals surface area contributed by atoms with Crippen molar-refractivity contribution in [3.8, 4) is 5.75 Å². The minimum atomic E-state index is -0.114. The third-order valence-electron chi connectivity index (χ3n) is 7.66. The quantitative estimate of drug-likeness (QED) is 0.424. The fourth-order valence-corrected chi connectivity index (χ4v) is 5.69. The molecule has 0 spiro atoms. The third-order valence-corrected chi connectivity index (χ3v) is 7.66. The van der Waals surface area contributed by atoms with E-state index < -0.39 is 0 Å². The molecule has 2 N–H and O–H groups in total. The molecule has 0 aliphatic carbocycles. The lowest BCUT2D eigenvalue weighted by atomic mass is 10.1. The van der Waals surface area contributed by atoms with Crippen LogP contribution in [0, 0.1) is 6.92 Å². The second-order valence-corrected chi connectivity index (χ2v) is 10.0. The van der Waals surface area contributed by atoms with Gasteiger partial charge in [0.25, 0.3) is 5.91 Å². The highest BCUT2D eigenvalue weighted by atomic mass is 16.5. The Labute approximate surface area is 215 Å². The summed E-state index contributed by atoms with van der Waals surface area (Å²) in [7, 11) is 0. The van der Waals surface area contributed by atoms with E-state index in [1.165, 1.54) is 0 Å². The number of nitrogens with one attached hydrogen (secondary N) is 2. The van der Waals surface area contributed by atoms with Gasteiger partial charge in [0.2, 0.25) is 5.91 Å². The van der Waals surface area contributed by atoms with Gasteiger partial charge in [-0.1, -0.05) is 42.5 Å². The van der Waals surface area contributed by atoms with E-state index in [-0.39, 0.29) is 23.9 Å². The second kappa shape index (κ2) is 9.90. The molecule has 3 heterocycles. The van der Waals surface area contributed by atoms with Gasteiger partial charge in [0.1, 0.15) is 23.5 Å². The first-order valence-electron chi connectivity index (χ1n) is 13.0. The predicted octanol–water partition coefficient (Wildman–Crippen LogP) is 4.56.